The monoisotopic (exact) mass is 518 g/mol. The third-order valence-electron chi connectivity index (χ3n) is 5.95. The summed E-state index contributed by atoms with van der Waals surface area (Å²) < 4.78 is 26.6. The van der Waals surface area contributed by atoms with Gasteiger partial charge in [-0.3, -0.25) is 0 Å². The Morgan fingerprint density at radius 3 is 1.69 bits per heavy atom. The molecule has 0 spiro atoms. The molecule has 2 aromatic rings. The average molecular weight is 518 g/mol. The fourth-order valence-electron chi connectivity index (χ4n) is 3.91. The topological polar surface area (TPSA) is 249 Å². The molecule has 0 amide bonds. The molecule has 4 rings (SSSR count). The number of aromatic hydroxyl groups is 1. The van der Waals surface area contributed by atoms with E-state index in [4.69, 9.17) is 23.4 Å². The molecule has 0 unspecified atom stereocenters. The van der Waals surface area contributed by atoms with Crippen LogP contribution in [0, 0.1) is 0 Å². The first-order valence-corrected chi connectivity index (χ1v) is 10.8. The van der Waals surface area contributed by atoms with Gasteiger partial charge < -0.3 is 69.3 Å². The van der Waals surface area contributed by atoms with Gasteiger partial charge >= 0.3 is 5.63 Å². The molecule has 1 aromatic carbocycles. The van der Waals surface area contributed by atoms with Crippen LogP contribution in [-0.4, -0.2) is 121 Å². The molecule has 2 fully saturated rings. The zero-order chi connectivity index (χ0) is 26.3. The molecule has 15 nitrogen and oxygen atoms in total. The SMILES string of the molecule is O=c1oc2cc(O)cc(O[C@@H]3O[C@H](CO)[C@@H](O)[C@H](O)[C@H]3O)c2cc1O[C@H]1O[C@@H](CO)[C@H](O)[C@@H](O)[C@@H]1O. The Morgan fingerprint density at radius 2 is 1.19 bits per heavy atom. The molecule has 2 saturated heterocycles. The van der Waals surface area contributed by atoms with Crippen molar-refractivity contribution in [3.63, 3.8) is 0 Å². The lowest BCUT2D eigenvalue weighted by atomic mass is 9.99. The van der Waals surface area contributed by atoms with Gasteiger partial charge in [0, 0.05) is 18.2 Å². The largest absolute Gasteiger partial charge is 0.508 e. The molecule has 36 heavy (non-hydrogen) atoms. The molecular weight excluding hydrogens is 492 g/mol. The second kappa shape index (κ2) is 10.4. The highest BCUT2D eigenvalue weighted by atomic mass is 16.7. The number of ether oxygens (including phenoxy) is 4. The number of aliphatic hydroxyl groups is 8. The van der Waals surface area contributed by atoms with Crippen LogP contribution >= 0.6 is 0 Å². The van der Waals surface area contributed by atoms with Gasteiger partial charge in [-0.25, -0.2) is 4.79 Å². The predicted octanol–water partition coefficient (Wildman–Crippen LogP) is -4.14. The highest BCUT2D eigenvalue weighted by Gasteiger charge is 2.46. The van der Waals surface area contributed by atoms with Crippen molar-refractivity contribution in [2.24, 2.45) is 0 Å². The fourth-order valence-corrected chi connectivity index (χ4v) is 3.91. The zero-order valence-electron chi connectivity index (χ0n) is 18.4. The first-order valence-electron chi connectivity index (χ1n) is 10.8. The van der Waals surface area contributed by atoms with E-state index in [1.807, 2.05) is 0 Å². The fraction of sp³-hybridized carbons (Fsp3) is 0.571. The van der Waals surface area contributed by atoms with Gasteiger partial charge in [-0.05, 0) is 0 Å². The lowest BCUT2D eigenvalue weighted by Crippen LogP contribution is -2.60. The second-order valence-electron chi connectivity index (χ2n) is 8.38. The summed E-state index contributed by atoms with van der Waals surface area (Å²) in [4.78, 5) is 12.5. The van der Waals surface area contributed by atoms with Crippen molar-refractivity contribution in [1.29, 1.82) is 0 Å². The van der Waals surface area contributed by atoms with Crippen molar-refractivity contribution in [1.82, 2.24) is 0 Å². The first-order chi connectivity index (χ1) is 17.0. The Morgan fingerprint density at radius 1 is 0.694 bits per heavy atom. The van der Waals surface area contributed by atoms with Crippen LogP contribution in [0.5, 0.6) is 17.2 Å². The highest BCUT2D eigenvalue weighted by Crippen LogP contribution is 2.35. The summed E-state index contributed by atoms with van der Waals surface area (Å²) in [6.07, 6.45) is -16.3. The summed E-state index contributed by atoms with van der Waals surface area (Å²) in [5, 5.41) is 88.9. The molecule has 0 saturated carbocycles. The summed E-state index contributed by atoms with van der Waals surface area (Å²) in [6.45, 7) is -1.44. The normalized spacial score (nSPS) is 37.1. The minimum Gasteiger partial charge on any atom is -0.508 e. The van der Waals surface area contributed by atoms with E-state index in [2.05, 4.69) is 0 Å². The molecule has 3 heterocycles. The van der Waals surface area contributed by atoms with Gasteiger partial charge in [-0.1, -0.05) is 0 Å². The Balaban J connectivity index is 1.66. The van der Waals surface area contributed by atoms with Gasteiger partial charge in [-0.2, -0.15) is 0 Å². The molecule has 2 aliphatic heterocycles. The van der Waals surface area contributed by atoms with Crippen LogP contribution in [-0.2, 0) is 9.47 Å². The van der Waals surface area contributed by atoms with Crippen molar-refractivity contribution in [2.45, 2.75) is 61.4 Å². The molecule has 2 aliphatic rings. The molecule has 200 valence electrons. The maximum atomic E-state index is 12.5. The van der Waals surface area contributed by atoms with Crippen molar-refractivity contribution in [3.8, 4) is 17.2 Å². The van der Waals surface area contributed by atoms with Crippen molar-refractivity contribution < 1.29 is 69.3 Å². The van der Waals surface area contributed by atoms with Crippen LogP contribution in [0.4, 0.5) is 0 Å². The Labute approximate surface area is 201 Å². The van der Waals surface area contributed by atoms with Crippen LogP contribution in [0.3, 0.4) is 0 Å². The second-order valence-corrected chi connectivity index (χ2v) is 8.38. The maximum Gasteiger partial charge on any atom is 0.379 e. The zero-order valence-corrected chi connectivity index (χ0v) is 18.4. The Hall–Kier alpha value is -2.57. The maximum absolute atomic E-state index is 12.5. The summed E-state index contributed by atoms with van der Waals surface area (Å²) in [5.41, 5.74) is -1.30. The van der Waals surface area contributed by atoms with E-state index in [1.54, 1.807) is 0 Å². The molecule has 10 atom stereocenters. The molecule has 0 radical (unpaired) electrons. The molecule has 9 N–H and O–H groups in total. The van der Waals surface area contributed by atoms with Gasteiger partial charge in [0.25, 0.3) is 0 Å². The van der Waals surface area contributed by atoms with Crippen LogP contribution in [0.1, 0.15) is 0 Å². The number of phenolic OH excluding ortho intramolecular Hbond substituents is 1. The van der Waals surface area contributed by atoms with E-state index < -0.39 is 91.8 Å². The lowest BCUT2D eigenvalue weighted by molar-refractivity contribution is -0.278. The van der Waals surface area contributed by atoms with Crippen LogP contribution in [0.15, 0.2) is 27.4 Å². The van der Waals surface area contributed by atoms with E-state index in [-0.39, 0.29) is 16.7 Å². The number of fused-ring (bicyclic) bond motifs is 1. The van der Waals surface area contributed by atoms with E-state index in [1.165, 1.54) is 0 Å². The summed E-state index contributed by atoms with van der Waals surface area (Å²) in [5.74, 6) is -1.22. The van der Waals surface area contributed by atoms with Gasteiger partial charge in [0.05, 0.1) is 18.6 Å². The number of hydrogen-bond acceptors (Lipinski definition) is 15. The standard InChI is InChI=1S/C21H26O15/c22-4-11-13(25)15(27)17(29)20(35-11)33-9-2-6(24)1-8-7(9)3-10(19(31)32-8)34-21-18(30)16(28)14(26)12(5-23)36-21/h1-3,11-18,20-30H,4-5H2/t11-,12+,13-,14+,15+,16-,17-,18+,20-,21+/m1/s1. The smallest absolute Gasteiger partial charge is 0.379 e. The Bertz CT molecular complexity index is 1120. The lowest BCUT2D eigenvalue weighted by Gasteiger charge is -2.39. The van der Waals surface area contributed by atoms with E-state index in [0.29, 0.717) is 0 Å². The predicted molar refractivity (Wildman–Crippen MR) is 113 cm³/mol. The molecule has 0 bridgehead atoms. The average Bonchev–Trinajstić information content (AvgIpc) is 2.85. The van der Waals surface area contributed by atoms with Crippen molar-refractivity contribution in [2.75, 3.05) is 13.2 Å². The highest BCUT2D eigenvalue weighted by molar-refractivity contribution is 5.86. The van der Waals surface area contributed by atoms with Crippen LogP contribution in [0.2, 0.25) is 0 Å². The van der Waals surface area contributed by atoms with Gasteiger partial charge in [0.1, 0.15) is 65.9 Å². The van der Waals surface area contributed by atoms with E-state index >= 15 is 0 Å². The summed E-state index contributed by atoms with van der Waals surface area (Å²) in [7, 11) is 0. The quantitative estimate of drug-likeness (QED) is 0.165. The minimum atomic E-state index is -1.82. The van der Waals surface area contributed by atoms with Crippen molar-refractivity contribution >= 4 is 11.0 Å². The van der Waals surface area contributed by atoms with Crippen LogP contribution in [0.25, 0.3) is 11.0 Å². The van der Waals surface area contributed by atoms with Gasteiger partial charge in [-0.15, -0.1) is 0 Å². The first kappa shape index (κ1) is 26.5. The number of aliphatic hydroxyl groups excluding tert-OH is 8. The molecule has 15 heteroatoms. The minimum absolute atomic E-state index is 0.0241. The van der Waals surface area contributed by atoms with E-state index in [0.717, 1.165) is 18.2 Å². The number of rotatable bonds is 6. The van der Waals surface area contributed by atoms with Crippen molar-refractivity contribution in [3.05, 3.63) is 28.6 Å². The third-order valence-corrected chi connectivity index (χ3v) is 5.95. The third kappa shape index (κ3) is 4.85. The summed E-state index contributed by atoms with van der Waals surface area (Å²) in [6, 6.07) is 3.19. The Kier molecular flexibility index (Phi) is 7.67. The van der Waals surface area contributed by atoms with Crippen LogP contribution < -0.4 is 15.1 Å². The number of phenols is 1. The number of hydrogen-bond donors (Lipinski definition) is 9. The van der Waals surface area contributed by atoms with E-state index in [9.17, 15) is 50.8 Å². The molecular formula is C21H26O15. The number of benzene rings is 1. The van der Waals surface area contributed by atoms with Gasteiger partial charge in [0.15, 0.2) is 0 Å². The van der Waals surface area contributed by atoms with Gasteiger partial charge in [0.2, 0.25) is 18.3 Å². The molecule has 1 aromatic heterocycles. The summed E-state index contributed by atoms with van der Waals surface area (Å²) >= 11 is 0. The molecule has 0 aliphatic carbocycles.